The number of aromatic nitrogens is 3. The summed E-state index contributed by atoms with van der Waals surface area (Å²) in [5.41, 5.74) is 2.08. The molecule has 14 heavy (non-hydrogen) atoms. The fourth-order valence-electron chi connectivity index (χ4n) is 1.23. The smallest absolute Gasteiger partial charge is 0.113 e. The van der Waals surface area contributed by atoms with Crippen LogP contribution >= 0.6 is 11.8 Å². The van der Waals surface area contributed by atoms with E-state index in [0.29, 0.717) is 5.25 Å². The molecule has 1 aromatic heterocycles. The summed E-state index contributed by atoms with van der Waals surface area (Å²) in [6.07, 6.45) is 0. The second kappa shape index (κ2) is 4.00. The molecule has 74 valence electrons. The van der Waals surface area contributed by atoms with Gasteiger partial charge in [0.25, 0.3) is 0 Å². The van der Waals surface area contributed by atoms with E-state index >= 15 is 0 Å². The van der Waals surface area contributed by atoms with Gasteiger partial charge in [0.1, 0.15) is 5.52 Å². The Morgan fingerprint density at radius 2 is 2.14 bits per heavy atom. The molecule has 0 aliphatic rings. The number of fused-ring (bicyclic) bond motifs is 1. The molecule has 0 atom stereocenters. The molecule has 0 aliphatic carbocycles. The molecule has 0 aliphatic heterocycles. The van der Waals surface area contributed by atoms with Crippen LogP contribution in [0, 0.1) is 0 Å². The van der Waals surface area contributed by atoms with Crippen LogP contribution in [0.3, 0.4) is 0 Å². The summed E-state index contributed by atoms with van der Waals surface area (Å²) in [5.74, 6) is 0.873. The van der Waals surface area contributed by atoms with Gasteiger partial charge in [-0.2, -0.15) is 0 Å². The van der Waals surface area contributed by atoms with Crippen molar-refractivity contribution >= 4 is 22.8 Å². The first-order chi connectivity index (χ1) is 6.77. The average molecular weight is 207 g/mol. The minimum absolute atomic E-state index is 0.623. The van der Waals surface area contributed by atoms with E-state index < -0.39 is 0 Å². The van der Waals surface area contributed by atoms with Crippen LogP contribution in [0.25, 0.3) is 11.0 Å². The van der Waals surface area contributed by atoms with Gasteiger partial charge in [0.05, 0.1) is 11.4 Å². The molecule has 4 heteroatoms. The average Bonchev–Trinajstić information content (AvgIpc) is 2.58. The fourth-order valence-corrected chi connectivity index (χ4v) is 1.86. The van der Waals surface area contributed by atoms with Crippen molar-refractivity contribution in [2.45, 2.75) is 25.0 Å². The van der Waals surface area contributed by atoms with E-state index in [1.54, 1.807) is 0 Å². The third kappa shape index (κ3) is 1.90. The number of rotatable bonds is 3. The van der Waals surface area contributed by atoms with Crippen molar-refractivity contribution in [2.75, 3.05) is 0 Å². The van der Waals surface area contributed by atoms with Crippen molar-refractivity contribution in [3.05, 3.63) is 24.3 Å². The van der Waals surface area contributed by atoms with Crippen LogP contribution in [0.4, 0.5) is 0 Å². The lowest BCUT2D eigenvalue weighted by atomic mass is 10.3. The van der Waals surface area contributed by atoms with Crippen molar-refractivity contribution in [2.24, 2.45) is 0 Å². The molecule has 0 spiro atoms. The van der Waals surface area contributed by atoms with Gasteiger partial charge < -0.3 is 0 Å². The summed E-state index contributed by atoms with van der Waals surface area (Å²) >= 11 is 1.86. The molecule has 0 saturated carbocycles. The Morgan fingerprint density at radius 3 is 2.93 bits per heavy atom. The van der Waals surface area contributed by atoms with Crippen LogP contribution in [0.2, 0.25) is 0 Å². The highest BCUT2D eigenvalue weighted by Crippen LogP contribution is 2.16. The van der Waals surface area contributed by atoms with E-state index in [4.69, 9.17) is 0 Å². The molecule has 2 rings (SSSR count). The third-order valence-corrected chi connectivity index (χ3v) is 3.01. The molecule has 0 amide bonds. The maximum Gasteiger partial charge on any atom is 0.113 e. The van der Waals surface area contributed by atoms with Crippen molar-refractivity contribution in [3.8, 4) is 0 Å². The highest BCUT2D eigenvalue weighted by molar-refractivity contribution is 7.98. The number of nitrogens with zero attached hydrogens (tertiary/aromatic N) is 3. The highest BCUT2D eigenvalue weighted by Gasteiger charge is 2.03. The maximum absolute atomic E-state index is 4.11. The Morgan fingerprint density at radius 1 is 1.36 bits per heavy atom. The summed E-state index contributed by atoms with van der Waals surface area (Å²) < 4.78 is 1.94. The summed E-state index contributed by atoms with van der Waals surface area (Å²) in [4.78, 5) is 0. The molecule has 2 aromatic rings. The van der Waals surface area contributed by atoms with Crippen molar-refractivity contribution in [1.29, 1.82) is 0 Å². The Hall–Kier alpha value is -1.03. The van der Waals surface area contributed by atoms with E-state index in [-0.39, 0.29) is 0 Å². The van der Waals surface area contributed by atoms with Crippen molar-refractivity contribution in [1.82, 2.24) is 15.0 Å². The van der Waals surface area contributed by atoms with Gasteiger partial charge in [-0.3, -0.25) is 0 Å². The van der Waals surface area contributed by atoms with Gasteiger partial charge in [-0.25, -0.2) is 4.68 Å². The summed E-state index contributed by atoms with van der Waals surface area (Å²) in [6.45, 7) is 4.37. The minimum Gasteiger partial charge on any atom is -0.235 e. The largest absolute Gasteiger partial charge is 0.235 e. The maximum atomic E-state index is 4.11. The molecular formula is C10H13N3S. The highest BCUT2D eigenvalue weighted by atomic mass is 32.2. The molecule has 0 N–H and O–H groups in total. The number of hydrogen-bond donors (Lipinski definition) is 0. The lowest BCUT2D eigenvalue weighted by molar-refractivity contribution is 0.721. The number of benzene rings is 1. The zero-order chi connectivity index (χ0) is 9.97. The first-order valence-corrected chi connectivity index (χ1v) is 5.72. The quantitative estimate of drug-likeness (QED) is 0.775. The predicted octanol–water partition coefficient (Wildman–Crippen LogP) is 2.53. The zero-order valence-electron chi connectivity index (χ0n) is 8.34. The second-order valence-corrected chi connectivity index (χ2v) is 4.96. The van der Waals surface area contributed by atoms with Crippen LogP contribution in [0.15, 0.2) is 24.3 Å². The molecule has 0 saturated heterocycles. The van der Waals surface area contributed by atoms with E-state index in [1.165, 1.54) is 0 Å². The number of thioether (sulfide) groups is 1. The van der Waals surface area contributed by atoms with Crippen LogP contribution in [0.1, 0.15) is 13.8 Å². The Labute approximate surface area is 87.5 Å². The Bertz CT molecular complexity index is 422. The lowest BCUT2D eigenvalue weighted by Gasteiger charge is -2.04. The predicted molar refractivity (Wildman–Crippen MR) is 60.3 cm³/mol. The summed E-state index contributed by atoms with van der Waals surface area (Å²) in [5, 5.41) is 8.83. The molecule has 0 unspecified atom stereocenters. The van der Waals surface area contributed by atoms with Gasteiger partial charge >= 0.3 is 0 Å². The SMILES string of the molecule is CC(C)SCn1nnc2ccccc21. The van der Waals surface area contributed by atoms with Crippen LogP contribution in [-0.2, 0) is 5.88 Å². The first kappa shape index (κ1) is 9.52. The monoisotopic (exact) mass is 207 g/mol. The van der Waals surface area contributed by atoms with Crippen molar-refractivity contribution in [3.63, 3.8) is 0 Å². The lowest BCUT2D eigenvalue weighted by Crippen LogP contribution is -1.99. The standard InChI is InChI=1S/C10H13N3S/c1-8(2)14-7-13-10-6-4-3-5-9(10)11-12-13/h3-6,8H,7H2,1-2H3. The topological polar surface area (TPSA) is 30.7 Å². The molecule has 0 radical (unpaired) electrons. The Balaban J connectivity index is 2.25. The third-order valence-electron chi connectivity index (χ3n) is 1.95. The minimum atomic E-state index is 0.623. The van der Waals surface area contributed by atoms with Gasteiger partial charge in [0.2, 0.25) is 0 Å². The van der Waals surface area contributed by atoms with Crippen LogP contribution < -0.4 is 0 Å². The summed E-state index contributed by atoms with van der Waals surface area (Å²) in [6, 6.07) is 8.04. The first-order valence-electron chi connectivity index (χ1n) is 4.67. The summed E-state index contributed by atoms with van der Waals surface area (Å²) in [7, 11) is 0. The normalized spacial score (nSPS) is 11.4. The molecule has 1 aromatic carbocycles. The van der Waals surface area contributed by atoms with E-state index in [9.17, 15) is 0 Å². The molecule has 1 heterocycles. The zero-order valence-corrected chi connectivity index (χ0v) is 9.16. The van der Waals surface area contributed by atoms with E-state index in [2.05, 4.69) is 30.2 Å². The van der Waals surface area contributed by atoms with Crippen LogP contribution in [-0.4, -0.2) is 20.2 Å². The van der Waals surface area contributed by atoms with Gasteiger partial charge in [-0.15, -0.1) is 16.9 Å². The molecule has 3 nitrogen and oxygen atoms in total. The van der Waals surface area contributed by atoms with Gasteiger partial charge in [0.15, 0.2) is 0 Å². The Kier molecular flexibility index (Phi) is 2.72. The van der Waals surface area contributed by atoms with Gasteiger partial charge in [-0.05, 0) is 12.1 Å². The van der Waals surface area contributed by atoms with E-state index in [1.807, 2.05) is 34.6 Å². The number of hydrogen-bond acceptors (Lipinski definition) is 3. The molecule has 0 fully saturated rings. The second-order valence-electron chi connectivity index (χ2n) is 3.42. The van der Waals surface area contributed by atoms with Gasteiger partial charge in [0, 0.05) is 5.25 Å². The van der Waals surface area contributed by atoms with Crippen LogP contribution in [0.5, 0.6) is 0 Å². The molecular weight excluding hydrogens is 194 g/mol. The van der Waals surface area contributed by atoms with E-state index in [0.717, 1.165) is 16.9 Å². The van der Waals surface area contributed by atoms with Crippen molar-refractivity contribution < 1.29 is 0 Å². The van der Waals surface area contributed by atoms with Gasteiger partial charge in [-0.1, -0.05) is 31.2 Å². The molecule has 0 bridgehead atoms. The fraction of sp³-hybridized carbons (Fsp3) is 0.400. The number of para-hydroxylation sites is 1.